The van der Waals surface area contributed by atoms with Crippen molar-refractivity contribution in [2.45, 2.75) is 65.5 Å². The van der Waals surface area contributed by atoms with Gasteiger partial charge in [0.2, 0.25) is 0 Å². The maximum atomic E-state index is 7.16. The maximum Gasteiger partial charge on any atom is 0.252 e. The van der Waals surface area contributed by atoms with E-state index < -0.39 is 8.07 Å². The number of para-hydroxylation sites is 6. The summed E-state index contributed by atoms with van der Waals surface area (Å²) >= 11 is 0. The molecule has 4 heterocycles. The van der Waals surface area contributed by atoms with Crippen molar-refractivity contribution in [1.29, 1.82) is 0 Å². The molecule has 7 aromatic rings. The van der Waals surface area contributed by atoms with Gasteiger partial charge in [-0.1, -0.05) is 133 Å². The number of fused-ring (bicyclic) bond motifs is 10. The number of hydrogen-bond acceptors (Lipinski definition) is 4. The van der Waals surface area contributed by atoms with Crippen LogP contribution in [0.15, 0.2) is 146 Å². The number of ether oxygens (including phenoxy) is 1. The van der Waals surface area contributed by atoms with Gasteiger partial charge in [-0.15, -0.1) is 0 Å². The third-order valence-electron chi connectivity index (χ3n) is 13.1. The molecule has 58 heavy (non-hydrogen) atoms. The monoisotopic (exact) mass is 769 g/mol. The molecule has 0 fully saturated rings. The van der Waals surface area contributed by atoms with Crippen LogP contribution in [0.4, 0.5) is 51.2 Å². The minimum Gasteiger partial charge on any atom is -0.453 e. The van der Waals surface area contributed by atoms with Gasteiger partial charge in [-0.2, -0.15) is 0 Å². The second kappa shape index (κ2) is 12.0. The third-order valence-corrected chi connectivity index (χ3v) is 16.6. The average molecular weight is 770 g/mol. The Labute approximate surface area is 344 Å². The normalized spacial score (nSPS) is 15.4. The molecule has 0 saturated heterocycles. The van der Waals surface area contributed by atoms with Crippen LogP contribution in [0.3, 0.4) is 0 Å². The van der Waals surface area contributed by atoms with Crippen molar-refractivity contribution in [2.24, 2.45) is 0 Å². The predicted octanol–water partition coefficient (Wildman–Crippen LogP) is 11.1. The van der Waals surface area contributed by atoms with E-state index in [9.17, 15) is 0 Å². The van der Waals surface area contributed by atoms with Gasteiger partial charge >= 0.3 is 0 Å². The Morgan fingerprint density at radius 3 is 1.67 bits per heavy atom. The fourth-order valence-electron chi connectivity index (χ4n) is 10.1. The summed E-state index contributed by atoms with van der Waals surface area (Å²) in [6, 6.07) is 54.7. The lowest BCUT2D eigenvalue weighted by Crippen LogP contribution is -2.67. The van der Waals surface area contributed by atoms with Gasteiger partial charge in [-0.05, 0) is 115 Å². The largest absolute Gasteiger partial charge is 0.453 e. The van der Waals surface area contributed by atoms with Gasteiger partial charge in [-0.3, -0.25) is 0 Å². The lowest BCUT2D eigenvalue weighted by atomic mass is 9.33. The van der Waals surface area contributed by atoms with Crippen LogP contribution in [0.25, 0.3) is 0 Å². The van der Waals surface area contributed by atoms with E-state index in [2.05, 4.69) is 215 Å². The molecule has 0 radical (unpaired) electrons. The van der Waals surface area contributed by atoms with Crippen LogP contribution in [0, 0.1) is 0 Å². The second-order valence-corrected chi connectivity index (χ2v) is 23.4. The zero-order valence-corrected chi connectivity index (χ0v) is 35.7. The first-order valence-electron chi connectivity index (χ1n) is 20.7. The fourth-order valence-corrected chi connectivity index (χ4v) is 13.1. The van der Waals surface area contributed by atoms with E-state index >= 15 is 0 Å². The minimum atomic E-state index is -2.02. The minimum absolute atomic E-state index is 0.0439. The highest BCUT2D eigenvalue weighted by Crippen LogP contribution is 2.52. The molecule has 0 N–H and O–H groups in total. The molecule has 4 nitrogen and oxygen atoms in total. The summed E-state index contributed by atoms with van der Waals surface area (Å²) in [6.07, 6.45) is 0. The molecule has 4 aliphatic rings. The van der Waals surface area contributed by atoms with E-state index in [1.807, 2.05) is 0 Å². The molecule has 284 valence electrons. The summed E-state index contributed by atoms with van der Waals surface area (Å²) in [7, 11) is -2.02. The number of nitrogens with zero attached hydrogens (tertiary/aromatic N) is 3. The molecule has 11 rings (SSSR count). The summed E-state index contributed by atoms with van der Waals surface area (Å²) < 4.78 is 7.16. The first-order valence-corrected chi connectivity index (χ1v) is 23.7. The van der Waals surface area contributed by atoms with Crippen LogP contribution in [0.5, 0.6) is 11.5 Å². The molecule has 4 aliphatic heterocycles. The topological polar surface area (TPSA) is 19.0 Å². The van der Waals surface area contributed by atoms with Crippen molar-refractivity contribution in [3.05, 3.63) is 157 Å². The molecule has 0 saturated carbocycles. The molecule has 7 aromatic carbocycles. The van der Waals surface area contributed by atoms with Crippen LogP contribution in [-0.2, 0) is 10.8 Å². The highest BCUT2D eigenvalue weighted by atomic mass is 28.3. The van der Waals surface area contributed by atoms with Crippen molar-refractivity contribution in [3.63, 3.8) is 0 Å². The first-order chi connectivity index (χ1) is 27.8. The summed E-state index contributed by atoms with van der Waals surface area (Å²) in [5.41, 5.74) is 17.1. The van der Waals surface area contributed by atoms with Gasteiger partial charge in [0.15, 0.2) is 11.5 Å². The van der Waals surface area contributed by atoms with E-state index in [1.165, 1.54) is 66.3 Å². The summed E-state index contributed by atoms with van der Waals surface area (Å²) in [5.74, 6) is 1.63. The summed E-state index contributed by atoms with van der Waals surface area (Å²) in [6.45, 7) is 19.0. The Morgan fingerprint density at radius 1 is 0.448 bits per heavy atom. The van der Waals surface area contributed by atoms with Crippen molar-refractivity contribution in [1.82, 2.24) is 0 Å². The molecule has 2 bridgehead atoms. The van der Waals surface area contributed by atoms with E-state index in [4.69, 9.17) is 4.74 Å². The van der Waals surface area contributed by atoms with Gasteiger partial charge in [0, 0.05) is 39.8 Å². The number of anilines is 9. The standard InChI is InChI=1S/C52H48BN3OSi/c1-51(2,3)33-29-34(52(4,5)6)31-36(30-33)54-35-27-28-37-44(32-35)55(40-19-10-13-24-46(40)57-45-23-12-9-18-39(45)54)42-21-16-22-43-49(42)53(37)38-17-15-26-48-50(38)56(43)41-20-11-14-25-47(41)58(48,7)8/h9-32H,1-8H3. The number of rotatable bonds is 1. The second-order valence-electron chi connectivity index (χ2n) is 19.1. The summed E-state index contributed by atoms with van der Waals surface area (Å²) in [5, 5.41) is 2.99. The van der Waals surface area contributed by atoms with Crippen molar-refractivity contribution < 1.29 is 4.74 Å². The van der Waals surface area contributed by atoms with Crippen LogP contribution in [0.2, 0.25) is 13.1 Å². The zero-order chi connectivity index (χ0) is 39.9. The van der Waals surface area contributed by atoms with E-state index in [-0.39, 0.29) is 17.5 Å². The van der Waals surface area contributed by atoms with Gasteiger partial charge in [-0.25, -0.2) is 0 Å². The Balaban J connectivity index is 1.23. The lowest BCUT2D eigenvalue weighted by molar-refractivity contribution is 0.484. The van der Waals surface area contributed by atoms with Crippen molar-refractivity contribution >= 4 is 92.7 Å². The van der Waals surface area contributed by atoms with E-state index in [0.717, 1.165) is 34.2 Å². The SMILES string of the molecule is CC(C)(C)c1cc(N2c3ccc4c(c3)N(c3ccccc3Oc3ccccc32)c2cccc3c2B4c2cccc4c2N3c2ccccc2[Si]4(C)C)cc(C(C)(C)C)c1. The van der Waals surface area contributed by atoms with Crippen LogP contribution in [0.1, 0.15) is 52.7 Å². The third kappa shape index (κ3) is 4.94. The molecular weight excluding hydrogens is 721 g/mol. The van der Waals surface area contributed by atoms with Gasteiger partial charge in [0.25, 0.3) is 6.71 Å². The van der Waals surface area contributed by atoms with E-state index in [0.29, 0.717) is 0 Å². The molecule has 0 aromatic heterocycles. The summed E-state index contributed by atoms with van der Waals surface area (Å²) in [4.78, 5) is 7.49. The predicted molar refractivity (Wildman–Crippen MR) is 249 cm³/mol. The number of hydrogen-bond donors (Lipinski definition) is 0. The van der Waals surface area contributed by atoms with Crippen LogP contribution in [-0.4, -0.2) is 14.8 Å². The Hall–Kier alpha value is -5.98. The van der Waals surface area contributed by atoms with E-state index in [1.54, 1.807) is 0 Å². The smallest absolute Gasteiger partial charge is 0.252 e. The van der Waals surface area contributed by atoms with Crippen LogP contribution >= 0.6 is 0 Å². The average Bonchev–Trinajstić information content (AvgIpc) is 3.20. The van der Waals surface area contributed by atoms with Gasteiger partial charge in [0.1, 0.15) is 8.07 Å². The first kappa shape index (κ1) is 35.2. The molecule has 0 spiro atoms. The molecule has 6 heteroatoms. The van der Waals surface area contributed by atoms with Crippen molar-refractivity contribution in [3.8, 4) is 11.5 Å². The zero-order valence-electron chi connectivity index (χ0n) is 34.7. The molecule has 0 aliphatic carbocycles. The lowest BCUT2D eigenvalue weighted by Gasteiger charge is -2.49. The van der Waals surface area contributed by atoms with Gasteiger partial charge < -0.3 is 19.4 Å². The maximum absolute atomic E-state index is 7.16. The Kier molecular flexibility index (Phi) is 7.30. The van der Waals surface area contributed by atoms with Crippen molar-refractivity contribution in [2.75, 3.05) is 14.7 Å². The van der Waals surface area contributed by atoms with Gasteiger partial charge in [0.05, 0.1) is 11.4 Å². The highest BCUT2D eigenvalue weighted by molar-refractivity contribution is 7.05. The fraction of sp³-hybridized carbons (Fsp3) is 0.192. The molecule has 0 amide bonds. The Morgan fingerprint density at radius 2 is 1.00 bits per heavy atom. The molecular formula is C52H48BN3OSi. The quantitative estimate of drug-likeness (QED) is 0.155. The highest BCUT2D eigenvalue weighted by Gasteiger charge is 2.49. The van der Waals surface area contributed by atoms with Crippen LogP contribution < -0.4 is 46.2 Å². The number of benzene rings is 7. The molecule has 0 atom stereocenters. The Bertz CT molecular complexity index is 2830. The molecule has 0 unspecified atom stereocenters.